The van der Waals surface area contributed by atoms with E-state index < -0.39 is 0 Å². The van der Waals surface area contributed by atoms with Crippen LogP contribution in [-0.2, 0) is 0 Å². The fourth-order valence-electron chi connectivity index (χ4n) is 7.16. The van der Waals surface area contributed by atoms with Crippen molar-refractivity contribution in [2.45, 2.75) is 0 Å². The van der Waals surface area contributed by atoms with Crippen LogP contribution in [0, 0.1) is 11.3 Å². The van der Waals surface area contributed by atoms with Crippen molar-refractivity contribution in [2.75, 3.05) is 0 Å². The molecule has 0 aliphatic rings. The van der Waals surface area contributed by atoms with Crippen LogP contribution in [0.5, 0.6) is 0 Å². The first-order valence-electron chi connectivity index (χ1n) is 15.5. The quantitative estimate of drug-likeness (QED) is 0.202. The maximum absolute atomic E-state index is 10.3. The van der Waals surface area contributed by atoms with Crippen molar-refractivity contribution in [3.8, 4) is 39.7 Å². The highest BCUT2D eigenvalue weighted by Gasteiger charge is 2.17. The SMILES string of the molecule is N#Cc1ccc(-c2ccccc2-n2c3ccccc3c3ccccc32)cc1-c1cccc(-n2c3ccccc3c3ccccc32)c1. The molecule has 0 radical (unpaired) electrons. The molecule has 2 aromatic heterocycles. The summed E-state index contributed by atoms with van der Waals surface area (Å²) in [6.07, 6.45) is 0. The predicted octanol–water partition coefficient (Wildman–Crippen LogP) is 11.1. The Morgan fingerprint density at radius 3 is 1.48 bits per heavy atom. The standard InChI is InChI=1S/C43H27N3/c44-28-31-25-24-30(33-14-1-6-19-39(33)46-42-22-9-4-17-36(42)37-18-5-10-23-43(37)46)27-38(31)29-12-11-13-32(26-29)45-40-20-7-2-15-34(40)35-16-3-8-21-41(35)45/h1-27H. The van der Waals surface area contributed by atoms with Crippen LogP contribution in [0.4, 0.5) is 0 Å². The van der Waals surface area contributed by atoms with E-state index in [0.29, 0.717) is 5.56 Å². The first kappa shape index (κ1) is 26.1. The van der Waals surface area contributed by atoms with E-state index in [1.54, 1.807) is 0 Å². The highest BCUT2D eigenvalue weighted by atomic mass is 15.0. The molecule has 0 N–H and O–H groups in total. The average Bonchev–Trinajstić information content (AvgIpc) is 3.64. The minimum atomic E-state index is 0.650. The van der Waals surface area contributed by atoms with E-state index in [4.69, 9.17) is 0 Å². The lowest BCUT2D eigenvalue weighted by molar-refractivity contribution is 1.18. The number of hydrogen-bond acceptors (Lipinski definition) is 1. The number of rotatable bonds is 4. The summed E-state index contributed by atoms with van der Waals surface area (Å²) in [7, 11) is 0. The van der Waals surface area contributed by atoms with Crippen LogP contribution >= 0.6 is 0 Å². The van der Waals surface area contributed by atoms with E-state index >= 15 is 0 Å². The second kappa shape index (κ2) is 10.4. The Kier molecular flexibility index (Phi) is 5.88. The van der Waals surface area contributed by atoms with Gasteiger partial charge >= 0.3 is 0 Å². The Balaban J connectivity index is 1.24. The molecule has 0 atom stereocenters. The highest BCUT2D eigenvalue weighted by Crippen LogP contribution is 2.39. The summed E-state index contributed by atoms with van der Waals surface area (Å²) >= 11 is 0. The van der Waals surface area contributed by atoms with Gasteiger partial charge in [-0.15, -0.1) is 0 Å². The van der Waals surface area contributed by atoms with Crippen molar-refractivity contribution in [1.82, 2.24) is 9.13 Å². The lowest BCUT2D eigenvalue weighted by Crippen LogP contribution is -1.98. The zero-order valence-electron chi connectivity index (χ0n) is 24.9. The van der Waals surface area contributed by atoms with Crippen molar-refractivity contribution >= 4 is 43.6 Å². The Bertz CT molecular complexity index is 2560. The van der Waals surface area contributed by atoms with Crippen LogP contribution in [0.25, 0.3) is 77.2 Å². The van der Waals surface area contributed by atoms with Gasteiger partial charge in [0.2, 0.25) is 0 Å². The van der Waals surface area contributed by atoms with Crippen molar-refractivity contribution in [2.24, 2.45) is 0 Å². The van der Waals surface area contributed by atoms with Gasteiger partial charge in [-0.3, -0.25) is 0 Å². The van der Waals surface area contributed by atoms with E-state index in [-0.39, 0.29) is 0 Å². The van der Waals surface area contributed by atoms with Crippen LogP contribution in [0.15, 0.2) is 164 Å². The fraction of sp³-hybridized carbons (Fsp3) is 0. The van der Waals surface area contributed by atoms with Crippen molar-refractivity contribution in [1.29, 1.82) is 5.26 Å². The number of nitriles is 1. The van der Waals surface area contributed by atoms with Crippen LogP contribution in [0.1, 0.15) is 5.56 Å². The zero-order chi connectivity index (χ0) is 30.6. The second-order valence-electron chi connectivity index (χ2n) is 11.7. The summed E-state index contributed by atoms with van der Waals surface area (Å²) in [6, 6.07) is 60.1. The van der Waals surface area contributed by atoms with E-state index in [1.165, 1.54) is 32.6 Å². The van der Waals surface area contributed by atoms with Gasteiger partial charge in [0.15, 0.2) is 0 Å². The molecule has 46 heavy (non-hydrogen) atoms. The van der Waals surface area contributed by atoms with Crippen LogP contribution in [-0.4, -0.2) is 9.13 Å². The molecule has 214 valence electrons. The van der Waals surface area contributed by atoms with Crippen molar-refractivity contribution in [3.05, 3.63) is 169 Å². The van der Waals surface area contributed by atoms with Gasteiger partial charge in [-0.25, -0.2) is 0 Å². The molecule has 7 aromatic carbocycles. The van der Waals surface area contributed by atoms with Gasteiger partial charge in [0.1, 0.15) is 0 Å². The lowest BCUT2D eigenvalue weighted by Gasteiger charge is -2.16. The molecule has 3 heteroatoms. The molecule has 0 bridgehead atoms. The van der Waals surface area contributed by atoms with Crippen LogP contribution < -0.4 is 0 Å². The Morgan fingerprint density at radius 2 is 0.891 bits per heavy atom. The third-order valence-corrected chi connectivity index (χ3v) is 9.17. The minimum absolute atomic E-state index is 0.650. The van der Waals surface area contributed by atoms with Gasteiger partial charge in [-0.1, -0.05) is 109 Å². The summed E-state index contributed by atoms with van der Waals surface area (Å²) < 4.78 is 4.68. The maximum atomic E-state index is 10.3. The number of para-hydroxylation sites is 5. The summed E-state index contributed by atoms with van der Waals surface area (Å²) in [5.41, 5.74) is 11.6. The topological polar surface area (TPSA) is 33.6 Å². The molecule has 2 heterocycles. The van der Waals surface area contributed by atoms with Gasteiger partial charge in [0.25, 0.3) is 0 Å². The Labute approximate surface area is 266 Å². The maximum Gasteiger partial charge on any atom is 0.0998 e. The summed E-state index contributed by atoms with van der Waals surface area (Å²) in [5.74, 6) is 0. The normalized spacial score (nSPS) is 11.5. The van der Waals surface area contributed by atoms with Gasteiger partial charge < -0.3 is 9.13 Å². The third kappa shape index (κ3) is 3.91. The van der Waals surface area contributed by atoms with Crippen molar-refractivity contribution in [3.63, 3.8) is 0 Å². The van der Waals surface area contributed by atoms with E-state index in [1.807, 2.05) is 6.07 Å². The van der Waals surface area contributed by atoms with Gasteiger partial charge in [0, 0.05) is 38.4 Å². The summed E-state index contributed by atoms with van der Waals surface area (Å²) in [6.45, 7) is 0. The summed E-state index contributed by atoms with van der Waals surface area (Å²) in [4.78, 5) is 0. The van der Waals surface area contributed by atoms with E-state index in [9.17, 15) is 5.26 Å². The molecule has 0 saturated heterocycles. The highest BCUT2D eigenvalue weighted by molar-refractivity contribution is 6.10. The Hall–Kier alpha value is -6.37. The minimum Gasteiger partial charge on any atom is -0.309 e. The first-order valence-corrected chi connectivity index (χ1v) is 15.5. The average molecular weight is 586 g/mol. The molecule has 0 aliphatic heterocycles. The fourth-order valence-corrected chi connectivity index (χ4v) is 7.16. The second-order valence-corrected chi connectivity index (χ2v) is 11.7. The number of aromatic nitrogens is 2. The molecule has 9 aromatic rings. The molecule has 9 rings (SSSR count). The van der Waals surface area contributed by atoms with Crippen LogP contribution in [0.2, 0.25) is 0 Å². The lowest BCUT2D eigenvalue weighted by atomic mass is 9.94. The molecular formula is C43H27N3. The molecule has 0 aliphatic carbocycles. The van der Waals surface area contributed by atoms with E-state index in [0.717, 1.165) is 44.7 Å². The van der Waals surface area contributed by atoms with Gasteiger partial charge in [-0.2, -0.15) is 5.26 Å². The monoisotopic (exact) mass is 585 g/mol. The number of nitrogens with zero attached hydrogens (tertiary/aromatic N) is 3. The largest absolute Gasteiger partial charge is 0.309 e. The first-order chi connectivity index (χ1) is 22.8. The molecule has 3 nitrogen and oxygen atoms in total. The van der Waals surface area contributed by atoms with Crippen LogP contribution in [0.3, 0.4) is 0 Å². The molecule has 0 spiro atoms. The number of benzene rings is 7. The van der Waals surface area contributed by atoms with Gasteiger partial charge in [0.05, 0.1) is 39.4 Å². The molecule has 0 amide bonds. The third-order valence-electron chi connectivity index (χ3n) is 9.17. The zero-order valence-corrected chi connectivity index (χ0v) is 24.9. The molecular weight excluding hydrogens is 558 g/mol. The molecule has 0 saturated carbocycles. The molecule has 0 unspecified atom stereocenters. The predicted molar refractivity (Wildman–Crippen MR) is 191 cm³/mol. The molecule has 0 fully saturated rings. The van der Waals surface area contributed by atoms with E-state index in [2.05, 4.69) is 173 Å². The Morgan fingerprint density at radius 1 is 0.391 bits per heavy atom. The van der Waals surface area contributed by atoms with Gasteiger partial charge in [-0.05, 0) is 65.7 Å². The van der Waals surface area contributed by atoms with Crippen molar-refractivity contribution < 1.29 is 0 Å². The number of fused-ring (bicyclic) bond motifs is 6. The smallest absolute Gasteiger partial charge is 0.0998 e. The number of hydrogen-bond donors (Lipinski definition) is 0. The summed E-state index contributed by atoms with van der Waals surface area (Å²) in [5, 5.41) is 15.2.